The maximum Gasteiger partial charge on any atom is 0.243 e. The first-order valence-corrected chi connectivity index (χ1v) is 11.3. The van der Waals surface area contributed by atoms with Crippen LogP contribution in [0.4, 0.5) is 0 Å². The minimum Gasteiger partial charge on any atom is -0.496 e. The number of methoxy groups -OCH3 is 1. The van der Waals surface area contributed by atoms with Gasteiger partial charge in [-0.05, 0) is 50.6 Å². The van der Waals surface area contributed by atoms with E-state index in [1.807, 2.05) is 38.1 Å². The number of nitrogens with one attached hydrogen (secondary N) is 1. The molecule has 0 spiro atoms. The molecule has 0 aliphatic rings. The summed E-state index contributed by atoms with van der Waals surface area (Å²) < 4.78 is 38.1. The van der Waals surface area contributed by atoms with E-state index in [4.69, 9.17) is 9.47 Å². The van der Waals surface area contributed by atoms with Gasteiger partial charge in [-0.3, -0.25) is 4.79 Å². The number of carbonyl (C=O) groups is 1. The van der Waals surface area contributed by atoms with E-state index in [-0.39, 0.29) is 29.9 Å². The SMILES string of the molecule is CCOc1ccc(S(=O)(=O)N(CC)CC(=O)NC(C)c2ccccc2OC)cc1C. The van der Waals surface area contributed by atoms with Gasteiger partial charge in [-0.1, -0.05) is 25.1 Å². The number of nitrogens with zero attached hydrogens (tertiary/aromatic N) is 1. The molecule has 2 aromatic carbocycles. The topological polar surface area (TPSA) is 84.9 Å². The third-order valence-corrected chi connectivity index (χ3v) is 6.66. The largest absolute Gasteiger partial charge is 0.496 e. The van der Waals surface area contributed by atoms with E-state index in [9.17, 15) is 13.2 Å². The molecule has 0 saturated carbocycles. The second kappa shape index (κ2) is 10.4. The second-order valence-corrected chi connectivity index (χ2v) is 8.76. The first-order valence-electron chi connectivity index (χ1n) is 9.90. The lowest BCUT2D eigenvalue weighted by Gasteiger charge is -2.23. The Balaban J connectivity index is 2.15. The van der Waals surface area contributed by atoms with Crippen molar-refractivity contribution in [1.29, 1.82) is 0 Å². The maximum atomic E-state index is 13.1. The van der Waals surface area contributed by atoms with Gasteiger partial charge in [0.25, 0.3) is 0 Å². The Bertz CT molecular complexity index is 975. The number of ether oxygens (including phenoxy) is 2. The number of carbonyl (C=O) groups excluding carboxylic acids is 1. The zero-order chi connectivity index (χ0) is 22.3. The third kappa shape index (κ3) is 5.52. The lowest BCUT2D eigenvalue weighted by Crippen LogP contribution is -2.41. The molecule has 0 aliphatic carbocycles. The van der Waals surface area contributed by atoms with Crippen molar-refractivity contribution in [3.05, 3.63) is 53.6 Å². The van der Waals surface area contributed by atoms with Gasteiger partial charge < -0.3 is 14.8 Å². The van der Waals surface area contributed by atoms with Crippen LogP contribution in [-0.2, 0) is 14.8 Å². The normalized spacial score (nSPS) is 12.5. The number of amides is 1. The summed E-state index contributed by atoms with van der Waals surface area (Å²) in [7, 11) is -2.25. The van der Waals surface area contributed by atoms with Crippen molar-refractivity contribution in [2.24, 2.45) is 0 Å². The summed E-state index contributed by atoms with van der Waals surface area (Å²) in [5, 5.41) is 2.85. The third-order valence-electron chi connectivity index (χ3n) is 4.74. The van der Waals surface area contributed by atoms with Crippen molar-refractivity contribution in [3.8, 4) is 11.5 Å². The molecule has 7 nitrogen and oxygen atoms in total. The molecule has 1 unspecified atom stereocenters. The molecule has 0 radical (unpaired) electrons. The minimum atomic E-state index is -3.82. The van der Waals surface area contributed by atoms with Crippen LogP contribution in [-0.4, -0.2) is 45.4 Å². The van der Waals surface area contributed by atoms with Crippen molar-refractivity contribution in [2.45, 2.75) is 38.6 Å². The van der Waals surface area contributed by atoms with Gasteiger partial charge in [0, 0.05) is 12.1 Å². The Morgan fingerprint density at radius 3 is 2.43 bits per heavy atom. The standard InChI is InChI=1S/C22H30N2O5S/c1-6-24(30(26,27)18-12-13-20(29-7-2)16(3)14-18)15-22(25)23-17(4)19-10-8-9-11-21(19)28-5/h8-14,17H,6-7,15H2,1-5H3,(H,23,25). The van der Waals surface area contributed by atoms with Gasteiger partial charge in [-0.15, -0.1) is 0 Å². The second-order valence-electron chi connectivity index (χ2n) is 6.82. The van der Waals surface area contributed by atoms with Crippen molar-refractivity contribution in [3.63, 3.8) is 0 Å². The van der Waals surface area contributed by atoms with Gasteiger partial charge in [-0.25, -0.2) is 8.42 Å². The number of hydrogen-bond donors (Lipinski definition) is 1. The summed E-state index contributed by atoms with van der Waals surface area (Å²) in [6, 6.07) is 11.8. The summed E-state index contributed by atoms with van der Waals surface area (Å²) in [5.41, 5.74) is 1.55. The van der Waals surface area contributed by atoms with Crippen LogP contribution >= 0.6 is 0 Å². The highest BCUT2D eigenvalue weighted by Gasteiger charge is 2.26. The van der Waals surface area contributed by atoms with Crippen LogP contribution in [0.15, 0.2) is 47.4 Å². The average Bonchev–Trinajstić information content (AvgIpc) is 2.73. The van der Waals surface area contributed by atoms with E-state index < -0.39 is 10.0 Å². The molecule has 0 fully saturated rings. The van der Waals surface area contributed by atoms with Crippen LogP contribution in [0.5, 0.6) is 11.5 Å². The number of likely N-dealkylation sites (N-methyl/N-ethyl adjacent to an activating group) is 1. The molecule has 0 aromatic heterocycles. The van der Waals surface area contributed by atoms with Gasteiger partial charge in [0.2, 0.25) is 15.9 Å². The van der Waals surface area contributed by atoms with Crippen molar-refractivity contribution in [1.82, 2.24) is 9.62 Å². The van der Waals surface area contributed by atoms with E-state index in [0.29, 0.717) is 18.1 Å². The summed E-state index contributed by atoms with van der Waals surface area (Å²) in [6.45, 7) is 7.59. The van der Waals surface area contributed by atoms with Crippen LogP contribution in [0.3, 0.4) is 0 Å². The van der Waals surface area contributed by atoms with Gasteiger partial charge in [-0.2, -0.15) is 4.31 Å². The highest BCUT2D eigenvalue weighted by molar-refractivity contribution is 7.89. The monoisotopic (exact) mass is 434 g/mol. The fourth-order valence-electron chi connectivity index (χ4n) is 3.16. The molecule has 2 aromatic rings. The fraction of sp³-hybridized carbons (Fsp3) is 0.409. The highest BCUT2D eigenvalue weighted by atomic mass is 32.2. The Hall–Kier alpha value is -2.58. The highest BCUT2D eigenvalue weighted by Crippen LogP contribution is 2.25. The van der Waals surface area contributed by atoms with E-state index in [0.717, 1.165) is 15.4 Å². The maximum absolute atomic E-state index is 13.1. The van der Waals surface area contributed by atoms with Crippen LogP contribution < -0.4 is 14.8 Å². The summed E-state index contributed by atoms with van der Waals surface area (Å²) in [5.74, 6) is 0.916. The molecule has 30 heavy (non-hydrogen) atoms. The van der Waals surface area contributed by atoms with Crippen LogP contribution in [0.25, 0.3) is 0 Å². The number of para-hydroxylation sites is 1. The lowest BCUT2D eigenvalue weighted by atomic mass is 10.1. The summed E-state index contributed by atoms with van der Waals surface area (Å²) in [6.07, 6.45) is 0. The molecular weight excluding hydrogens is 404 g/mol. The Kier molecular flexibility index (Phi) is 8.25. The van der Waals surface area contributed by atoms with Crippen molar-refractivity contribution < 1.29 is 22.7 Å². The number of sulfonamides is 1. The van der Waals surface area contributed by atoms with Crippen LogP contribution in [0.2, 0.25) is 0 Å². The first kappa shape index (κ1) is 23.7. The van der Waals surface area contributed by atoms with Crippen molar-refractivity contribution in [2.75, 3.05) is 26.8 Å². The Labute approximate surface area is 179 Å². The molecule has 8 heteroatoms. The molecule has 0 heterocycles. The van der Waals surface area contributed by atoms with Gasteiger partial charge >= 0.3 is 0 Å². The Morgan fingerprint density at radius 1 is 1.13 bits per heavy atom. The average molecular weight is 435 g/mol. The molecule has 0 saturated heterocycles. The summed E-state index contributed by atoms with van der Waals surface area (Å²) >= 11 is 0. The lowest BCUT2D eigenvalue weighted by molar-refractivity contribution is -0.121. The van der Waals surface area contributed by atoms with E-state index in [1.165, 1.54) is 6.07 Å². The van der Waals surface area contributed by atoms with Crippen LogP contribution in [0, 0.1) is 6.92 Å². The fourth-order valence-corrected chi connectivity index (χ4v) is 4.66. The zero-order valence-electron chi connectivity index (χ0n) is 18.1. The van der Waals surface area contributed by atoms with Gasteiger partial charge in [0.05, 0.1) is 31.2 Å². The molecule has 2 rings (SSSR count). The number of hydrogen-bond acceptors (Lipinski definition) is 5. The molecule has 1 amide bonds. The van der Waals surface area contributed by atoms with Gasteiger partial charge in [0.15, 0.2) is 0 Å². The predicted molar refractivity (Wildman–Crippen MR) is 116 cm³/mol. The minimum absolute atomic E-state index is 0.135. The molecule has 1 atom stereocenters. The summed E-state index contributed by atoms with van der Waals surface area (Å²) in [4.78, 5) is 12.7. The predicted octanol–water partition coefficient (Wildman–Crippen LogP) is 3.29. The number of aryl methyl sites for hydroxylation is 1. The Morgan fingerprint density at radius 2 is 1.83 bits per heavy atom. The molecule has 164 valence electrons. The number of benzene rings is 2. The van der Waals surface area contributed by atoms with E-state index in [1.54, 1.807) is 33.1 Å². The molecule has 0 aliphatic heterocycles. The van der Waals surface area contributed by atoms with E-state index >= 15 is 0 Å². The zero-order valence-corrected chi connectivity index (χ0v) is 19.0. The van der Waals surface area contributed by atoms with Crippen molar-refractivity contribution >= 4 is 15.9 Å². The molecule has 0 bridgehead atoms. The van der Waals surface area contributed by atoms with E-state index in [2.05, 4.69) is 5.32 Å². The number of rotatable bonds is 10. The first-order chi connectivity index (χ1) is 14.2. The van der Waals surface area contributed by atoms with Gasteiger partial charge in [0.1, 0.15) is 11.5 Å². The quantitative estimate of drug-likeness (QED) is 0.620. The smallest absolute Gasteiger partial charge is 0.243 e. The molecule has 1 N–H and O–H groups in total. The molecular formula is C22H30N2O5S. The van der Waals surface area contributed by atoms with Crippen LogP contribution in [0.1, 0.15) is 37.9 Å².